The molecule has 402 valence electrons. The van der Waals surface area contributed by atoms with E-state index in [9.17, 15) is 105 Å². The van der Waals surface area contributed by atoms with Crippen molar-refractivity contribution in [2.75, 3.05) is 12.5 Å². The Morgan fingerprint density at radius 2 is 0.493 bits per heavy atom. The fourth-order valence-corrected chi connectivity index (χ4v) is 8.81. The molecular weight excluding hydrogens is 1090 g/mol. The Morgan fingerprint density at radius 3 is 0.680 bits per heavy atom. The molecule has 7 rings (SSSR count). The predicted octanol–water partition coefficient (Wildman–Crippen LogP) is 15.4. The molecule has 0 spiro atoms. The summed E-state index contributed by atoms with van der Waals surface area (Å²) in [6, 6.07) is 10.2. The van der Waals surface area contributed by atoms with Crippen LogP contribution >= 0.6 is 0 Å². The van der Waals surface area contributed by atoms with E-state index in [1.807, 2.05) is 0 Å². The second kappa shape index (κ2) is 19.6. The Morgan fingerprint density at radius 1 is 0.293 bits per heavy atom. The Kier molecular flexibility index (Phi) is 15.1. The topological polar surface area (TPSA) is 9.23 Å². The van der Waals surface area contributed by atoms with Gasteiger partial charge in [-0.25, -0.2) is 0 Å². The van der Waals surface area contributed by atoms with Crippen molar-refractivity contribution in [3.05, 3.63) is 172 Å². The fourth-order valence-electron chi connectivity index (χ4n) is 8.30. The first-order valence-electron chi connectivity index (χ1n) is 20.5. The average Bonchev–Trinajstić information content (AvgIpc) is 3.26. The summed E-state index contributed by atoms with van der Waals surface area (Å²) in [5.41, 5.74) is -30.2. The SMILES string of the molecule is C[S+](C)Oc1c2ccccc2cc2ccccc12.FC(F)(F)c1cc([B-](c2cc(C(F)(F)F)cc(C(F)(F)F)c2)(c2cc(C(F)(F)F)cc(C(F)(F)F)c2)c2cc(C(F)(F)F)cc(C(F)(F)F)c2)cc(C(F)(F)F)c1. The van der Waals surface area contributed by atoms with Crippen LogP contribution in [0.4, 0.5) is 105 Å². The second-order valence-electron chi connectivity index (χ2n) is 16.7. The average molecular weight is 1120 g/mol. The largest absolute Gasteiger partial charge is 0.416 e. The van der Waals surface area contributed by atoms with Gasteiger partial charge in [0.15, 0.2) is 11.2 Å². The van der Waals surface area contributed by atoms with E-state index in [2.05, 4.69) is 67.1 Å². The number of alkyl halides is 24. The van der Waals surface area contributed by atoms with Gasteiger partial charge < -0.3 is 0 Å². The molecule has 0 bridgehead atoms. The highest BCUT2D eigenvalue weighted by Crippen LogP contribution is 2.42. The van der Waals surface area contributed by atoms with E-state index >= 15 is 0 Å². The quantitative estimate of drug-likeness (QED) is 0.0698. The number of benzene rings is 7. The Hall–Kier alpha value is -6.41. The van der Waals surface area contributed by atoms with Crippen molar-refractivity contribution in [3.8, 4) is 5.75 Å². The van der Waals surface area contributed by atoms with Gasteiger partial charge in [0.2, 0.25) is 5.75 Å². The smallest absolute Gasteiger partial charge is 0.285 e. The van der Waals surface area contributed by atoms with Crippen molar-refractivity contribution < 1.29 is 110 Å². The van der Waals surface area contributed by atoms with Crippen LogP contribution in [0, 0.1) is 0 Å². The molecular formula is C48H27BF24OS. The van der Waals surface area contributed by atoms with E-state index in [-0.39, 0.29) is 11.2 Å². The lowest BCUT2D eigenvalue weighted by Crippen LogP contribution is -2.75. The maximum Gasteiger partial charge on any atom is 0.416 e. The van der Waals surface area contributed by atoms with Gasteiger partial charge in [0.05, 0.1) is 44.5 Å². The number of hydrogen-bond acceptors (Lipinski definition) is 1. The molecule has 0 N–H and O–H groups in total. The summed E-state index contributed by atoms with van der Waals surface area (Å²) in [4.78, 5) is 0. The van der Waals surface area contributed by atoms with Gasteiger partial charge in [0, 0.05) is 10.8 Å². The molecule has 0 aliphatic rings. The molecule has 27 heteroatoms. The van der Waals surface area contributed by atoms with Gasteiger partial charge in [-0.15, -0.1) is 0 Å². The molecule has 0 aliphatic heterocycles. The van der Waals surface area contributed by atoms with Crippen LogP contribution in [0.1, 0.15) is 44.5 Å². The van der Waals surface area contributed by atoms with Crippen LogP contribution in [-0.4, -0.2) is 18.7 Å². The zero-order valence-corrected chi connectivity index (χ0v) is 37.9. The van der Waals surface area contributed by atoms with Gasteiger partial charge >= 0.3 is 49.4 Å². The molecule has 0 amide bonds. The summed E-state index contributed by atoms with van der Waals surface area (Å²) in [5.74, 6) is 1.01. The highest BCUT2D eigenvalue weighted by molar-refractivity contribution is 7.91. The van der Waals surface area contributed by atoms with Crippen LogP contribution in [0.3, 0.4) is 0 Å². The molecule has 0 atom stereocenters. The molecule has 0 unspecified atom stereocenters. The first kappa shape index (κ1) is 57.9. The molecule has 0 fully saturated rings. The molecule has 7 aromatic rings. The maximum absolute atomic E-state index is 14.2. The zero-order chi connectivity index (χ0) is 56.4. The van der Waals surface area contributed by atoms with Gasteiger partial charge in [-0.05, 0) is 41.1 Å². The van der Waals surface area contributed by atoms with E-state index in [4.69, 9.17) is 4.18 Å². The Balaban J connectivity index is 0.000000421. The van der Waals surface area contributed by atoms with Crippen molar-refractivity contribution >= 4 is 60.7 Å². The van der Waals surface area contributed by atoms with Crippen molar-refractivity contribution in [1.82, 2.24) is 0 Å². The molecule has 0 saturated carbocycles. The van der Waals surface area contributed by atoms with Crippen LogP contribution in [0.15, 0.2) is 127 Å². The summed E-state index contributed by atoms with van der Waals surface area (Å²) in [6.45, 7) is 0. The van der Waals surface area contributed by atoms with Gasteiger partial charge in [-0.3, -0.25) is 4.18 Å². The van der Waals surface area contributed by atoms with Crippen molar-refractivity contribution in [3.63, 3.8) is 0 Å². The van der Waals surface area contributed by atoms with E-state index in [1.165, 1.54) is 21.5 Å². The predicted molar refractivity (Wildman–Crippen MR) is 231 cm³/mol. The van der Waals surface area contributed by atoms with Gasteiger partial charge in [0.1, 0.15) is 18.7 Å². The maximum atomic E-state index is 14.2. The first-order chi connectivity index (χ1) is 34.0. The summed E-state index contributed by atoms with van der Waals surface area (Å²) in [5, 5.41) is 4.85. The number of fused-ring (bicyclic) bond motifs is 2. The van der Waals surface area contributed by atoms with E-state index in [1.54, 1.807) is 0 Å². The standard InChI is InChI=1S/C32H12BF24.C16H15OS/c34-25(35,36)13-1-14(26(37,38)39)6-21(5-13)33(22-7-15(27(40,41)42)2-16(8-22)28(43,44)45,23-9-17(29(46,47)48)3-18(10-23)30(49,50)51)24-11-19(31(52,53)54)4-20(12-24)32(55,56)57;1-18(2)17-16-14-9-5-3-7-12(14)11-13-8-4-6-10-15(13)16/h1-12H;3-11H,1-2H3/q-1;+1. The first-order valence-corrected chi connectivity index (χ1v) is 22.5. The highest BCUT2D eigenvalue weighted by Gasteiger charge is 2.47. The third kappa shape index (κ3) is 12.7. The van der Waals surface area contributed by atoms with Crippen LogP contribution in [0.2, 0.25) is 0 Å². The summed E-state index contributed by atoms with van der Waals surface area (Å²) < 4.78 is 347. The molecule has 0 saturated heterocycles. The molecule has 75 heavy (non-hydrogen) atoms. The lowest BCUT2D eigenvalue weighted by molar-refractivity contribution is -0.144. The van der Waals surface area contributed by atoms with Crippen LogP contribution in [0.5, 0.6) is 5.75 Å². The molecule has 0 aromatic heterocycles. The van der Waals surface area contributed by atoms with Gasteiger partial charge in [-0.2, -0.15) is 127 Å². The van der Waals surface area contributed by atoms with Crippen LogP contribution < -0.4 is 26.0 Å². The van der Waals surface area contributed by atoms with Crippen molar-refractivity contribution in [2.24, 2.45) is 0 Å². The van der Waals surface area contributed by atoms with E-state index in [0.717, 1.165) is 5.75 Å². The Bertz CT molecular complexity index is 2740. The molecule has 7 aromatic carbocycles. The minimum Gasteiger partial charge on any atom is -0.285 e. The van der Waals surface area contributed by atoms with E-state index < -0.39 is 195 Å². The number of hydrogen-bond donors (Lipinski definition) is 0. The number of halogens is 24. The Labute approximate surface area is 409 Å². The minimum atomic E-state index is -6.13. The zero-order valence-electron chi connectivity index (χ0n) is 37.1. The van der Waals surface area contributed by atoms with E-state index in [0.29, 0.717) is 0 Å². The van der Waals surface area contributed by atoms with Crippen LogP contribution in [0.25, 0.3) is 21.5 Å². The normalized spacial score (nSPS) is 13.6. The van der Waals surface area contributed by atoms with Crippen molar-refractivity contribution in [2.45, 2.75) is 49.4 Å². The second-order valence-corrected chi connectivity index (χ2v) is 18.3. The highest BCUT2D eigenvalue weighted by atomic mass is 32.2. The van der Waals surface area contributed by atoms with Gasteiger partial charge in [-0.1, -0.05) is 97.1 Å². The third-order valence-electron chi connectivity index (χ3n) is 11.4. The fraction of sp³-hybridized carbons (Fsp3) is 0.208. The lowest BCUT2D eigenvalue weighted by Gasteiger charge is -2.46. The van der Waals surface area contributed by atoms with Crippen LogP contribution in [-0.2, 0) is 60.6 Å². The molecule has 1 nitrogen and oxygen atoms in total. The van der Waals surface area contributed by atoms with Crippen molar-refractivity contribution in [1.29, 1.82) is 0 Å². The minimum absolute atomic E-state index is 0.0786. The summed E-state index contributed by atoms with van der Waals surface area (Å²) in [6.07, 6.45) is -50.6. The third-order valence-corrected chi connectivity index (χ3v) is 11.9. The van der Waals surface area contributed by atoms with Gasteiger partial charge in [0.25, 0.3) is 0 Å². The monoisotopic (exact) mass is 1120 g/mol. The summed E-state index contributed by atoms with van der Waals surface area (Å²) >= 11 is -0.0786. The summed E-state index contributed by atoms with van der Waals surface area (Å²) in [7, 11) is 0. The molecule has 0 heterocycles. The number of rotatable bonds is 6. The lowest BCUT2D eigenvalue weighted by atomic mass is 9.12. The molecule has 0 radical (unpaired) electrons. The molecule has 0 aliphatic carbocycles.